The molecule has 1 aromatic carbocycles. The Morgan fingerprint density at radius 1 is 1.26 bits per heavy atom. The number of ether oxygens (including phenoxy) is 1. The lowest BCUT2D eigenvalue weighted by atomic mass is 10.1. The number of hydrogen-bond donors (Lipinski definition) is 3. The van der Waals surface area contributed by atoms with Crippen molar-refractivity contribution in [2.75, 3.05) is 11.9 Å². The zero-order valence-electron chi connectivity index (χ0n) is 14.4. The molecule has 0 aliphatic rings. The lowest BCUT2D eigenvalue weighted by molar-refractivity contribution is -0.118. The van der Waals surface area contributed by atoms with Crippen molar-refractivity contribution in [2.45, 2.75) is 6.92 Å². The number of benzene rings is 1. The molecule has 1 amide bonds. The molecule has 3 heterocycles. The van der Waals surface area contributed by atoms with Crippen LogP contribution >= 0.6 is 11.3 Å². The summed E-state index contributed by atoms with van der Waals surface area (Å²) in [6.07, 6.45) is 3.35. The third-order valence-electron chi connectivity index (χ3n) is 4.00. The van der Waals surface area contributed by atoms with Gasteiger partial charge in [-0.2, -0.15) is 0 Å². The van der Waals surface area contributed by atoms with Crippen molar-refractivity contribution in [1.29, 1.82) is 0 Å². The summed E-state index contributed by atoms with van der Waals surface area (Å²) in [6.45, 7) is 1.50. The number of H-pyrrole nitrogens is 2. The predicted molar refractivity (Wildman–Crippen MR) is 105 cm³/mol. The molecule has 8 heteroatoms. The van der Waals surface area contributed by atoms with Gasteiger partial charge in [0.15, 0.2) is 17.5 Å². The number of nitrogens with zero attached hydrogens (tertiary/aromatic N) is 1. The van der Waals surface area contributed by atoms with Crippen molar-refractivity contribution in [3.63, 3.8) is 0 Å². The Morgan fingerprint density at radius 2 is 2.11 bits per heavy atom. The third-order valence-corrected chi connectivity index (χ3v) is 4.75. The lowest BCUT2D eigenvalue weighted by Crippen LogP contribution is -2.22. The van der Waals surface area contributed by atoms with Crippen LogP contribution in [0.2, 0.25) is 0 Å². The van der Waals surface area contributed by atoms with Crippen molar-refractivity contribution in [3.05, 3.63) is 64.0 Å². The first-order valence-corrected chi connectivity index (χ1v) is 9.12. The van der Waals surface area contributed by atoms with E-state index in [0.29, 0.717) is 5.13 Å². The molecule has 3 aromatic heterocycles. The van der Waals surface area contributed by atoms with Crippen molar-refractivity contribution in [3.8, 4) is 17.0 Å². The SMILES string of the molecule is Cc1cc(=O)c(OCC(=O)Nc2nc(-c3c[nH]c4ccccc34)cs2)c[nH]1. The monoisotopic (exact) mass is 380 g/mol. The summed E-state index contributed by atoms with van der Waals surface area (Å²) in [5, 5.41) is 6.13. The maximum Gasteiger partial charge on any atom is 0.264 e. The molecular formula is C19H16N4O3S. The largest absolute Gasteiger partial charge is 0.478 e. The maximum atomic E-state index is 12.1. The smallest absolute Gasteiger partial charge is 0.264 e. The first-order chi connectivity index (χ1) is 13.1. The van der Waals surface area contributed by atoms with E-state index in [2.05, 4.69) is 20.3 Å². The number of carbonyl (C=O) groups is 1. The van der Waals surface area contributed by atoms with Crippen LogP contribution in [-0.2, 0) is 4.79 Å². The van der Waals surface area contributed by atoms with Gasteiger partial charge in [-0.1, -0.05) is 18.2 Å². The van der Waals surface area contributed by atoms with Crippen LogP contribution in [-0.4, -0.2) is 27.5 Å². The zero-order chi connectivity index (χ0) is 18.8. The summed E-state index contributed by atoms with van der Waals surface area (Å²) in [5.74, 6) is -0.274. The number of aryl methyl sites for hydroxylation is 1. The second-order valence-corrected chi connectivity index (χ2v) is 6.83. The van der Waals surface area contributed by atoms with E-state index < -0.39 is 0 Å². The van der Waals surface area contributed by atoms with Crippen LogP contribution in [0.1, 0.15) is 5.69 Å². The Kier molecular flexibility index (Phi) is 4.47. The van der Waals surface area contributed by atoms with E-state index in [1.54, 1.807) is 6.92 Å². The Hall–Kier alpha value is -3.39. The van der Waals surface area contributed by atoms with Crippen molar-refractivity contribution in [1.82, 2.24) is 15.0 Å². The second kappa shape index (κ2) is 7.08. The molecule has 136 valence electrons. The summed E-state index contributed by atoms with van der Waals surface area (Å²) in [5.41, 5.74) is 3.25. The molecule has 0 fully saturated rings. The van der Waals surface area contributed by atoms with Gasteiger partial charge < -0.3 is 14.7 Å². The number of hydrogen-bond acceptors (Lipinski definition) is 5. The number of amides is 1. The summed E-state index contributed by atoms with van der Waals surface area (Å²) < 4.78 is 5.28. The molecule has 0 aliphatic heterocycles. The van der Waals surface area contributed by atoms with Gasteiger partial charge >= 0.3 is 0 Å². The second-order valence-electron chi connectivity index (χ2n) is 5.97. The van der Waals surface area contributed by atoms with Crippen LogP contribution in [0.5, 0.6) is 5.75 Å². The molecular weight excluding hydrogens is 364 g/mol. The van der Waals surface area contributed by atoms with Crippen LogP contribution in [0.4, 0.5) is 5.13 Å². The van der Waals surface area contributed by atoms with Crippen LogP contribution < -0.4 is 15.5 Å². The minimum Gasteiger partial charge on any atom is -0.478 e. The molecule has 4 rings (SSSR count). The number of nitrogens with one attached hydrogen (secondary N) is 3. The third kappa shape index (κ3) is 3.61. The van der Waals surface area contributed by atoms with Gasteiger partial charge in [-0.15, -0.1) is 11.3 Å². The molecule has 0 saturated carbocycles. The topological polar surface area (TPSA) is 99.9 Å². The van der Waals surface area contributed by atoms with E-state index in [0.717, 1.165) is 27.9 Å². The molecule has 0 spiro atoms. The van der Waals surface area contributed by atoms with E-state index in [4.69, 9.17) is 4.74 Å². The fourth-order valence-electron chi connectivity index (χ4n) is 2.71. The molecule has 7 nitrogen and oxygen atoms in total. The van der Waals surface area contributed by atoms with Crippen molar-refractivity contribution >= 4 is 33.3 Å². The molecule has 27 heavy (non-hydrogen) atoms. The van der Waals surface area contributed by atoms with Gasteiger partial charge in [0.05, 0.1) is 5.69 Å². The van der Waals surface area contributed by atoms with Gasteiger partial charge in [0.25, 0.3) is 5.91 Å². The number of para-hydroxylation sites is 1. The highest BCUT2D eigenvalue weighted by molar-refractivity contribution is 7.14. The van der Waals surface area contributed by atoms with Gasteiger partial charge in [0, 0.05) is 46.0 Å². The highest BCUT2D eigenvalue weighted by atomic mass is 32.1. The molecule has 4 aromatic rings. The van der Waals surface area contributed by atoms with Gasteiger partial charge in [-0.25, -0.2) is 4.98 Å². The predicted octanol–water partition coefficient (Wildman–Crippen LogP) is 3.31. The Balaban J connectivity index is 1.43. The fourth-order valence-corrected chi connectivity index (χ4v) is 3.44. The fraction of sp³-hybridized carbons (Fsp3) is 0.105. The standard InChI is InChI=1S/C19H16N4O3S/c1-11-6-16(24)17(8-20-11)26-9-18(25)23-19-22-15(10-27-19)13-7-21-14-5-3-2-4-12(13)14/h2-8,10,21H,9H2,1H3,(H,20,24)(H,22,23,25). The molecule has 0 radical (unpaired) electrons. The quantitative estimate of drug-likeness (QED) is 0.494. The number of pyridine rings is 1. The molecule has 0 saturated heterocycles. The van der Waals surface area contributed by atoms with Crippen LogP contribution in [0.25, 0.3) is 22.2 Å². The van der Waals surface area contributed by atoms with Crippen LogP contribution in [0, 0.1) is 6.92 Å². The van der Waals surface area contributed by atoms with Crippen LogP contribution in [0.15, 0.2) is 52.9 Å². The van der Waals surface area contributed by atoms with E-state index in [1.807, 2.05) is 35.8 Å². The van der Waals surface area contributed by atoms with E-state index in [-0.39, 0.29) is 23.7 Å². The highest BCUT2D eigenvalue weighted by Gasteiger charge is 2.12. The average molecular weight is 380 g/mol. The van der Waals surface area contributed by atoms with Gasteiger partial charge in [-0.3, -0.25) is 14.9 Å². The van der Waals surface area contributed by atoms with Gasteiger partial charge in [0.2, 0.25) is 5.43 Å². The average Bonchev–Trinajstić information content (AvgIpc) is 3.27. The van der Waals surface area contributed by atoms with Crippen molar-refractivity contribution < 1.29 is 9.53 Å². The number of rotatable bonds is 5. The number of anilines is 1. The summed E-state index contributed by atoms with van der Waals surface area (Å²) in [4.78, 5) is 34.4. The van der Waals surface area contributed by atoms with E-state index in [1.165, 1.54) is 23.6 Å². The maximum absolute atomic E-state index is 12.1. The first-order valence-electron chi connectivity index (χ1n) is 8.24. The van der Waals surface area contributed by atoms with Gasteiger partial charge in [-0.05, 0) is 13.0 Å². The van der Waals surface area contributed by atoms with Crippen LogP contribution in [0.3, 0.4) is 0 Å². The van der Waals surface area contributed by atoms with E-state index in [9.17, 15) is 9.59 Å². The zero-order valence-corrected chi connectivity index (χ0v) is 15.2. The minimum atomic E-state index is -0.380. The van der Waals surface area contributed by atoms with Gasteiger partial charge in [0.1, 0.15) is 0 Å². The molecule has 3 N–H and O–H groups in total. The minimum absolute atomic E-state index is 0.106. The van der Waals surface area contributed by atoms with Crippen molar-refractivity contribution in [2.24, 2.45) is 0 Å². The molecule has 0 bridgehead atoms. The highest BCUT2D eigenvalue weighted by Crippen LogP contribution is 2.30. The number of thiazole rings is 1. The number of aromatic nitrogens is 3. The normalized spacial score (nSPS) is 10.9. The number of fused-ring (bicyclic) bond motifs is 1. The Labute approximate surface area is 158 Å². The first kappa shape index (κ1) is 17.0. The van der Waals surface area contributed by atoms with E-state index >= 15 is 0 Å². The summed E-state index contributed by atoms with van der Waals surface area (Å²) in [6, 6.07) is 9.37. The molecule has 0 atom stereocenters. The number of carbonyl (C=O) groups excluding carboxylic acids is 1. The molecule has 0 aliphatic carbocycles. The summed E-state index contributed by atoms with van der Waals surface area (Å²) in [7, 11) is 0. The lowest BCUT2D eigenvalue weighted by Gasteiger charge is -2.05. The Morgan fingerprint density at radius 3 is 2.96 bits per heavy atom. The number of aromatic amines is 2. The Bertz CT molecular complexity index is 1170. The molecule has 0 unspecified atom stereocenters. The summed E-state index contributed by atoms with van der Waals surface area (Å²) >= 11 is 1.33.